The Morgan fingerprint density at radius 3 is 2.59 bits per heavy atom. The number of carbonyl (C=O) groups excluding carboxylic acids is 1. The maximum atomic E-state index is 12.5. The van der Waals surface area contributed by atoms with Crippen molar-refractivity contribution < 1.29 is 22.7 Å². The van der Waals surface area contributed by atoms with E-state index in [1.807, 2.05) is 24.3 Å². The lowest BCUT2D eigenvalue weighted by molar-refractivity contribution is -0.174. The highest BCUT2D eigenvalue weighted by molar-refractivity contribution is 7.99. The van der Waals surface area contributed by atoms with Gasteiger partial charge in [0.25, 0.3) is 0 Å². The summed E-state index contributed by atoms with van der Waals surface area (Å²) in [7, 11) is 0. The maximum Gasteiger partial charge on any atom is 0.411 e. The number of piperazine rings is 1. The summed E-state index contributed by atoms with van der Waals surface area (Å²) in [6.07, 6.45) is -3.73. The Kier molecular flexibility index (Phi) is 8.72. The van der Waals surface area contributed by atoms with Gasteiger partial charge < -0.3 is 15.0 Å². The summed E-state index contributed by atoms with van der Waals surface area (Å²) in [5, 5.41) is 2.98. The molecular formula is C18H26F3N3O2S. The summed E-state index contributed by atoms with van der Waals surface area (Å²) in [5.41, 5.74) is 0.818. The Morgan fingerprint density at radius 1 is 1.22 bits per heavy atom. The number of nitrogens with one attached hydrogen (secondary N) is 1. The van der Waals surface area contributed by atoms with Crippen LogP contribution in [0.25, 0.3) is 0 Å². The van der Waals surface area contributed by atoms with Crippen molar-refractivity contribution in [1.29, 1.82) is 0 Å². The summed E-state index contributed by atoms with van der Waals surface area (Å²) in [6, 6.07) is 7.61. The minimum absolute atomic E-state index is 0.0894. The molecule has 0 atom stereocenters. The predicted molar refractivity (Wildman–Crippen MR) is 101 cm³/mol. The average molecular weight is 405 g/mol. The van der Waals surface area contributed by atoms with E-state index in [1.54, 1.807) is 16.7 Å². The van der Waals surface area contributed by atoms with Crippen LogP contribution in [0.3, 0.4) is 0 Å². The minimum atomic E-state index is -4.27. The van der Waals surface area contributed by atoms with Crippen molar-refractivity contribution >= 4 is 23.5 Å². The molecule has 2 rings (SSSR count). The van der Waals surface area contributed by atoms with E-state index >= 15 is 0 Å². The first-order valence-corrected chi connectivity index (χ1v) is 10.0. The first-order chi connectivity index (χ1) is 12.9. The molecule has 0 unspecified atom stereocenters. The second-order valence-corrected chi connectivity index (χ2v) is 7.52. The van der Waals surface area contributed by atoms with Crippen molar-refractivity contribution in [3.05, 3.63) is 24.3 Å². The van der Waals surface area contributed by atoms with Gasteiger partial charge in [-0.25, -0.2) is 4.79 Å². The average Bonchev–Trinajstić information content (AvgIpc) is 2.63. The molecule has 9 heteroatoms. The molecule has 2 amide bonds. The highest BCUT2D eigenvalue weighted by Crippen LogP contribution is 2.26. The zero-order chi connectivity index (χ0) is 19.7. The number of urea groups is 1. The molecule has 5 nitrogen and oxygen atoms in total. The number of para-hydroxylation sites is 1. The number of anilines is 1. The lowest BCUT2D eigenvalue weighted by Crippen LogP contribution is -2.50. The van der Waals surface area contributed by atoms with E-state index in [4.69, 9.17) is 0 Å². The number of hydrogen-bond donors (Lipinski definition) is 1. The molecule has 1 saturated heterocycles. The third kappa shape index (κ3) is 7.98. The molecule has 1 aliphatic heterocycles. The van der Waals surface area contributed by atoms with Crippen LogP contribution >= 0.6 is 11.8 Å². The molecule has 0 bridgehead atoms. The second-order valence-electron chi connectivity index (χ2n) is 6.21. The smallest absolute Gasteiger partial charge is 0.372 e. The van der Waals surface area contributed by atoms with Gasteiger partial charge in [-0.15, -0.1) is 11.8 Å². The number of amides is 2. The molecule has 1 fully saturated rings. The standard InChI is InChI=1S/C18H26F3N3O2S/c1-2-27-16-7-4-3-6-15(16)22-17(25)24-11-9-23(10-12-24)8-5-13-26-14-18(19,20)21/h3-4,6-7H,2,5,8-14H2,1H3,(H,22,25). The predicted octanol–water partition coefficient (Wildman–Crippen LogP) is 3.92. The Labute approximate surface area is 162 Å². The van der Waals surface area contributed by atoms with E-state index in [9.17, 15) is 18.0 Å². The number of ether oxygens (including phenoxy) is 1. The topological polar surface area (TPSA) is 44.8 Å². The molecule has 1 aromatic carbocycles. The van der Waals surface area contributed by atoms with Gasteiger partial charge in [0.1, 0.15) is 6.61 Å². The first-order valence-electron chi connectivity index (χ1n) is 9.03. The van der Waals surface area contributed by atoms with Gasteiger partial charge in [-0.2, -0.15) is 13.2 Å². The summed E-state index contributed by atoms with van der Waals surface area (Å²) in [6.45, 7) is 4.23. The van der Waals surface area contributed by atoms with Gasteiger partial charge in [0.05, 0.1) is 5.69 Å². The fourth-order valence-corrected chi connectivity index (χ4v) is 3.56. The Bertz CT molecular complexity index is 593. The molecule has 0 radical (unpaired) electrons. The van der Waals surface area contributed by atoms with Crippen LogP contribution in [0, 0.1) is 0 Å². The van der Waals surface area contributed by atoms with E-state index in [1.165, 1.54) is 0 Å². The molecular weight excluding hydrogens is 379 g/mol. The van der Waals surface area contributed by atoms with Crippen LogP contribution in [-0.2, 0) is 4.74 Å². The third-order valence-electron chi connectivity index (χ3n) is 4.12. The number of benzene rings is 1. The highest BCUT2D eigenvalue weighted by Gasteiger charge is 2.27. The molecule has 0 saturated carbocycles. The van der Waals surface area contributed by atoms with E-state index in [0.29, 0.717) is 39.1 Å². The van der Waals surface area contributed by atoms with Gasteiger partial charge >= 0.3 is 12.2 Å². The first kappa shape index (κ1) is 21.8. The van der Waals surface area contributed by atoms with Crippen molar-refractivity contribution in [2.24, 2.45) is 0 Å². The van der Waals surface area contributed by atoms with E-state index in [2.05, 4.69) is 21.9 Å². The fourth-order valence-electron chi connectivity index (χ4n) is 2.80. The van der Waals surface area contributed by atoms with Crippen LogP contribution in [0.5, 0.6) is 0 Å². The molecule has 1 aliphatic rings. The van der Waals surface area contributed by atoms with Crippen LogP contribution in [0.1, 0.15) is 13.3 Å². The number of thioether (sulfide) groups is 1. The van der Waals surface area contributed by atoms with Crippen LogP contribution in [0.4, 0.5) is 23.7 Å². The van der Waals surface area contributed by atoms with Gasteiger partial charge in [-0.05, 0) is 24.3 Å². The highest BCUT2D eigenvalue weighted by atomic mass is 32.2. The zero-order valence-electron chi connectivity index (χ0n) is 15.4. The lowest BCUT2D eigenvalue weighted by Gasteiger charge is -2.34. The van der Waals surface area contributed by atoms with Crippen LogP contribution in [0.2, 0.25) is 0 Å². The number of carbonyl (C=O) groups is 1. The third-order valence-corrected chi connectivity index (χ3v) is 5.07. The van der Waals surface area contributed by atoms with E-state index in [0.717, 1.165) is 16.3 Å². The van der Waals surface area contributed by atoms with Crippen LogP contribution in [0.15, 0.2) is 29.2 Å². The normalized spacial score (nSPS) is 15.8. The minimum Gasteiger partial charge on any atom is -0.372 e. The zero-order valence-corrected chi connectivity index (χ0v) is 16.2. The van der Waals surface area contributed by atoms with E-state index < -0.39 is 12.8 Å². The van der Waals surface area contributed by atoms with Gasteiger partial charge in [0.15, 0.2) is 0 Å². The van der Waals surface area contributed by atoms with Crippen LogP contribution < -0.4 is 5.32 Å². The fraction of sp³-hybridized carbons (Fsp3) is 0.611. The SMILES string of the molecule is CCSc1ccccc1NC(=O)N1CCN(CCCOCC(F)(F)F)CC1. The number of rotatable bonds is 8. The Hall–Kier alpha value is -1.45. The molecule has 27 heavy (non-hydrogen) atoms. The molecule has 0 aliphatic carbocycles. The van der Waals surface area contributed by atoms with Crippen molar-refractivity contribution in [3.8, 4) is 0 Å². The van der Waals surface area contributed by atoms with Crippen molar-refractivity contribution in [2.75, 3.05) is 57.0 Å². The summed E-state index contributed by atoms with van der Waals surface area (Å²) in [4.78, 5) is 17.4. The largest absolute Gasteiger partial charge is 0.411 e. The van der Waals surface area contributed by atoms with Gasteiger partial charge in [-0.1, -0.05) is 19.1 Å². The Morgan fingerprint density at radius 2 is 1.93 bits per heavy atom. The summed E-state index contributed by atoms with van der Waals surface area (Å²) >= 11 is 1.68. The van der Waals surface area contributed by atoms with Crippen molar-refractivity contribution in [3.63, 3.8) is 0 Å². The molecule has 152 valence electrons. The number of halogens is 3. The second kappa shape index (κ2) is 10.8. The lowest BCUT2D eigenvalue weighted by atomic mass is 10.3. The monoisotopic (exact) mass is 405 g/mol. The molecule has 0 spiro atoms. The van der Waals surface area contributed by atoms with Crippen molar-refractivity contribution in [1.82, 2.24) is 9.80 Å². The quantitative estimate of drug-likeness (QED) is 0.526. The van der Waals surface area contributed by atoms with E-state index in [-0.39, 0.29) is 12.6 Å². The molecule has 1 heterocycles. The van der Waals surface area contributed by atoms with Gasteiger partial charge in [0.2, 0.25) is 0 Å². The molecule has 1 N–H and O–H groups in total. The Balaban J connectivity index is 1.68. The summed E-state index contributed by atoms with van der Waals surface area (Å²) in [5.74, 6) is 0.929. The molecule has 0 aromatic heterocycles. The molecule has 1 aromatic rings. The van der Waals surface area contributed by atoms with Gasteiger partial charge in [0, 0.05) is 44.2 Å². The number of hydrogen-bond acceptors (Lipinski definition) is 4. The maximum absolute atomic E-state index is 12.5. The number of alkyl halides is 3. The van der Waals surface area contributed by atoms with Gasteiger partial charge in [-0.3, -0.25) is 4.90 Å². The van der Waals surface area contributed by atoms with Crippen molar-refractivity contribution in [2.45, 2.75) is 24.4 Å². The summed E-state index contributed by atoms with van der Waals surface area (Å²) < 4.78 is 40.6. The number of nitrogens with zero attached hydrogens (tertiary/aromatic N) is 2. The van der Waals surface area contributed by atoms with Crippen LogP contribution in [-0.4, -0.2) is 73.7 Å².